The topological polar surface area (TPSA) is 9.23 Å². The Morgan fingerprint density at radius 1 is 1.54 bits per heavy atom. The standard InChI is InChI=1S/C11H11ClO/c1-3-4-7-13-10-5-6-11(12)9(2)8-10/h1,5-6,8H,4,7H2,2H3. The molecule has 0 heterocycles. The third-order valence-corrected chi connectivity index (χ3v) is 2.07. The third kappa shape index (κ3) is 3.01. The molecule has 0 saturated carbocycles. The molecule has 0 bridgehead atoms. The molecule has 0 amide bonds. The summed E-state index contributed by atoms with van der Waals surface area (Å²) in [6, 6.07) is 5.56. The van der Waals surface area contributed by atoms with Gasteiger partial charge < -0.3 is 4.74 Å². The lowest BCUT2D eigenvalue weighted by molar-refractivity contribution is 0.327. The molecule has 0 spiro atoms. The molecule has 13 heavy (non-hydrogen) atoms. The van der Waals surface area contributed by atoms with Crippen LogP contribution < -0.4 is 4.74 Å². The third-order valence-electron chi connectivity index (χ3n) is 1.64. The zero-order valence-electron chi connectivity index (χ0n) is 7.51. The molecule has 68 valence electrons. The van der Waals surface area contributed by atoms with E-state index < -0.39 is 0 Å². The molecular weight excluding hydrogens is 184 g/mol. The van der Waals surface area contributed by atoms with Crippen molar-refractivity contribution >= 4 is 11.6 Å². The molecule has 0 aliphatic rings. The second-order valence-corrected chi connectivity index (χ2v) is 3.12. The summed E-state index contributed by atoms with van der Waals surface area (Å²) in [5, 5.41) is 0.754. The molecule has 0 N–H and O–H groups in total. The summed E-state index contributed by atoms with van der Waals surface area (Å²) in [7, 11) is 0. The Labute approximate surface area is 83.7 Å². The fourth-order valence-corrected chi connectivity index (χ4v) is 1.05. The van der Waals surface area contributed by atoms with Crippen LogP contribution in [0.15, 0.2) is 18.2 Å². The van der Waals surface area contributed by atoms with E-state index in [1.165, 1.54) is 0 Å². The maximum absolute atomic E-state index is 5.85. The van der Waals surface area contributed by atoms with Crippen molar-refractivity contribution in [1.29, 1.82) is 0 Å². The molecule has 0 saturated heterocycles. The van der Waals surface area contributed by atoms with E-state index in [1.54, 1.807) is 0 Å². The smallest absolute Gasteiger partial charge is 0.119 e. The number of terminal acetylenes is 1. The minimum Gasteiger partial charge on any atom is -0.493 e. The van der Waals surface area contributed by atoms with E-state index >= 15 is 0 Å². The van der Waals surface area contributed by atoms with Gasteiger partial charge in [-0.1, -0.05) is 11.6 Å². The lowest BCUT2D eigenvalue weighted by Crippen LogP contribution is -1.95. The van der Waals surface area contributed by atoms with Gasteiger partial charge in [0.25, 0.3) is 0 Å². The Balaban J connectivity index is 2.59. The number of rotatable bonds is 3. The van der Waals surface area contributed by atoms with Crippen molar-refractivity contribution in [3.63, 3.8) is 0 Å². The first kappa shape index (κ1) is 9.95. The predicted octanol–water partition coefficient (Wildman–Crippen LogP) is 3.05. The molecule has 1 rings (SSSR count). The van der Waals surface area contributed by atoms with Crippen molar-refractivity contribution in [3.05, 3.63) is 28.8 Å². The zero-order valence-corrected chi connectivity index (χ0v) is 8.27. The first-order chi connectivity index (χ1) is 6.24. The fraction of sp³-hybridized carbons (Fsp3) is 0.273. The lowest BCUT2D eigenvalue weighted by Gasteiger charge is -2.05. The molecule has 1 aromatic rings. The van der Waals surface area contributed by atoms with Crippen molar-refractivity contribution in [2.24, 2.45) is 0 Å². The summed E-state index contributed by atoms with van der Waals surface area (Å²) in [4.78, 5) is 0. The summed E-state index contributed by atoms with van der Waals surface area (Å²) in [6.45, 7) is 2.49. The number of aryl methyl sites for hydroxylation is 1. The molecule has 0 atom stereocenters. The van der Waals surface area contributed by atoms with Gasteiger partial charge in [0.05, 0.1) is 6.61 Å². The summed E-state index contributed by atoms with van der Waals surface area (Å²) in [5.41, 5.74) is 1.01. The van der Waals surface area contributed by atoms with Crippen LogP contribution in [-0.4, -0.2) is 6.61 Å². The van der Waals surface area contributed by atoms with Crippen LogP contribution in [0.1, 0.15) is 12.0 Å². The fourth-order valence-electron chi connectivity index (χ4n) is 0.935. The first-order valence-electron chi connectivity index (χ1n) is 4.06. The van der Waals surface area contributed by atoms with E-state index in [0.717, 1.165) is 16.3 Å². The number of halogens is 1. The van der Waals surface area contributed by atoms with Gasteiger partial charge in [0, 0.05) is 11.4 Å². The van der Waals surface area contributed by atoms with Gasteiger partial charge >= 0.3 is 0 Å². The van der Waals surface area contributed by atoms with E-state index in [1.807, 2.05) is 25.1 Å². The normalized spacial score (nSPS) is 9.31. The monoisotopic (exact) mass is 194 g/mol. The van der Waals surface area contributed by atoms with Crippen LogP contribution in [0.5, 0.6) is 5.75 Å². The number of hydrogen-bond donors (Lipinski definition) is 0. The van der Waals surface area contributed by atoms with E-state index in [9.17, 15) is 0 Å². The van der Waals surface area contributed by atoms with E-state index in [0.29, 0.717) is 13.0 Å². The largest absolute Gasteiger partial charge is 0.493 e. The number of hydrogen-bond acceptors (Lipinski definition) is 1. The molecule has 0 radical (unpaired) electrons. The van der Waals surface area contributed by atoms with Crippen molar-refractivity contribution < 1.29 is 4.74 Å². The molecule has 1 nitrogen and oxygen atoms in total. The van der Waals surface area contributed by atoms with Crippen LogP contribution >= 0.6 is 11.6 Å². The highest BCUT2D eigenvalue weighted by atomic mass is 35.5. The molecule has 2 heteroatoms. The van der Waals surface area contributed by atoms with Crippen molar-refractivity contribution in [2.75, 3.05) is 6.61 Å². The average molecular weight is 195 g/mol. The van der Waals surface area contributed by atoms with Gasteiger partial charge in [0.1, 0.15) is 5.75 Å². The molecule has 0 aromatic heterocycles. The van der Waals surface area contributed by atoms with Gasteiger partial charge in [-0.25, -0.2) is 0 Å². The Morgan fingerprint density at radius 2 is 2.31 bits per heavy atom. The Morgan fingerprint density at radius 3 is 2.92 bits per heavy atom. The predicted molar refractivity (Wildman–Crippen MR) is 55.1 cm³/mol. The number of ether oxygens (including phenoxy) is 1. The van der Waals surface area contributed by atoms with Crippen LogP contribution in [-0.2, 0) is 0 Å². The Bertz CT molecular complexity index is 325. The average Bonchev–Trinajstić information content (AvgIpc) is 2.12. The summed E-state index contributed by atoms with van der Waals surface area (Å²) in [5.74, 6) is 3.33. The van der Waals surface area contributed by atoms with Gasteiger partial charge in [-0.2, -0.15) is 0 Å². The van der Waals surface area contributed by atoms with E-state index in [2.05, 4.69) is 5.92 Å². The number of benzene rings is 1. The lowest BCUT2D eigenvalue weighted by atomic mass is 10.2. The minimum atomic E-state index is 0.553. The highest BCUT2D eigenvalue weighted by Gasteiger charge is 1.97. The molecule has 0 fully saturated rings. The van der Waals surface area contributed by atoms with E-state index in [-0.39, 0.29) is 0 Å². The summed E-state index contributed by atoms with van der Waals surface area (Å²) in [6.07, 6.45) is 5.72. The van der Waals surface area contributed by atoms with Crippen molar-refractivity contribution in [2.45, 2.75) is 13.3 Å². The van der Waals surface area contributed by atoms with Gasteiger partial charge in [-0.15, -0.1) is 12.3 Å². The molecule has 0 unspecified atom stereocenters. The van der Waals surface area contributed by atoms with Gasteiger partial charge in [-0.3, -0.25) is 0 Å². The molecular formula is C11H11ClO. The first-order valence-corrected chi connectivity index (χ1v) is 4.44. The second kappa shape index (κ2) is 4.79. The maximum atomic E-state index is 5.85. The molecule has 0 aliphatic heterocycles. The second-order valence-electron chi connectivity index (χ2n) is 2.71. The summed E-state index contributed by atoms with van der Waals surface area (Å²) < 4.78 is 5.38. The van der Waals surface area contributed by atoms with Gasteiger partial charge in [-0.05, 0) is 30.7 Å². The Kier molecular flexibility index (Phi) is 3.67. The van der Waals surface area contributed by atoms with Crippen molar-refractivity contribution in [1.82, 2.24) is 0 Å². The van der Waals surface area contributed by atoms with Crippen LogP contribution in [0, 0.1) is 19.3 Å². The maximum Gasteiger partial charge on any atom is 0.119 e. The highest BCUT2D eigenvalue weighted by Crippen LogP contribution is 2.20. The zero-order chi connectivity index (χ0) is 9.68. The Hall–Kier alpha value is -1.13. The quantitative estimate of drug-likeness (QED) is 0.531. The van der Waals surface area contributed by atoms with Gasteiger partial charge in [0.15, 0.2) is 0 Å². The van der Waals surface area contributed by atoms with Crippen LogP contribution in [0.4, 0.5) is 0 Å². The highest BCUT2D eigenvalue weighted by molar-refractivity contribution is 6.31. The van der Waals surface area contributed by atoms with Crippen molar-refractivity contribution in [3.8, 4) is 18.1 Å². The van der Waals surface area contributed by atoms with Crippen LogP contribution in [0.25, 0.3) is 0 Å². The van der Waals surface area contributed by atoms with Crippen LogP contribution in [0.2, 0.25) is 5.02 Å². The molecule has 1 aromatic carbocycles. The van der Waals surface area contributed by atoms with E-state index in [4.69, 9.17) is 22.8 Å². The van der Waals surface area contributed by atoms with Gasteiger partial charge in [0.2, 0.25) is 0 Å². The molecule has 0 aliphatic carbocycles. The SMILES string of the molecule is C#CCCOc1ccc(Cl)c(C)c1. The minimum absolute atomic E-state index is 0.553. The summed E-state index contributed by atoms with van der Waals surface area (Å²) >= 11 is 5.85. The van der Waals surface area contributed by atoms with Crippen LogP contribution in [0.3, 0.4) is 0 Å².